The summed E-state index contributed by atoms with van der Waals surface area (Å²) in [5.41, 5.74) is 5.38. The standard InChI is InChI=1S/C8H17N3O2/c9-2-1-4-11-5-3-10-6-7(11)8(12)13/h7,10H,1-6,9H2,(H,12,13). The molecule has 1 saturated heterocycles. The average Bonchev–Trinajstić information content (AvgIpc) is 2.15. The number of carbonyl (C=O) groups is 1. The molecule has 0 bridgehead atoms. The second-order valence-electron chi connectivity index (χ2n) is 3.24. The zero-order valence-electron chi connectivity index (χ0n) is 7.70. The van der Waals surface area contributed by atoms with Gasteiger partial charge in [0, 0.05) is 26.2 Å². The fourth-order valence-corrected chi connectivity index (χ4v) is 1.55. The summed E-state index contributed by atoms with van der Waals surface area (Å²) in [6.45, 7) is 3.62. The Morgan fingerprint density at radius 1 is 1.69 bits per heavy atom. The maximum atomic E-state index is 10.8. The lowest BCUT2D eigenvalue weighted by Gasteiger charge is -2.33. The van der Waals surface area contributed by atoms with Crippen LogP contribution in [0.2, 0.25) is 0 Å². The lowest BCUT2D eigenvalue weighted by Crippen LogP contribution is -2.55. The van der Waals surface area contributed by atoms with Gasteiger partial charge < -0.3 is 16.2 Å². The van der Waals surface area contributed by atoms with Crippen LogP contribution in [0.4, 0.5) is 0 Å². The van der Waals surface area contributed by atoms with Gasteiger partial charge in [-0.1, -0.05) is 0 Å². The van der Waals surface area contributed by atoms with Crippen LogP contribution >= 0.6 is 0 Å². The number of piperazine rings is 1. The number of hydrogen-bond acceptors (Lipinski definition) is 4. The Hall–Kier alpha value is -0.650. The number of carboxylic acids is 1. The van der Waals surface area contributed by atoms with Crippen LogP contribution in [0.15, 0.2) is 0 Å². The lowest BCUT2D eigenvalue weighted by molar-refractivity contribution is -0.143. The van der Waals surface area contributed by atoms with Crippen LogP contribution < -0.4 is 11.1 Å². The van der Waals surface area contributed by atoms with Crippen LogP contribution in [0, 0.1) is 0 Å². The summed E-state index contributed by atoms with van der Waals surface area (Å²) in [5, 5.41) is 12.0. The molecule has 76 valence electrons. The van der Waals surface area contributed by atoms with Crippen LogP contribution in [0.3, 0.4) is 0 Å². The van der Waals surface area contributed by atoms with Crippen LogP contribution in [-0.4, -0.2) is 54.7 Å². The molecular formula is C8H17N3O2. The molecule has 0 radical (unpaired) electrons. The van der Waals surface area contributed by atoms with Crippen molar-refractivity contribution in [2.45, 2.75) is 12.5 Å². The number of rotatable bonds is 4. The average molecular weight is 187 g/mol. The zero-order valence-corrected chi connectivity index (χ0v) is 7.70. The van der Waals surface area contributed by atoms with Gasteiger partial charge in [0.1, 0.15) is 6.04 Å². The number of aliphatic carboxylic acids is 1. The van der Waals surface area contributed by atoms with Crippen molar-refractivity contribution < 1.29 is 9.90 Å². The van der Waals surface area contributed by atoms with E-state index in [1.807, 2.05) is 4.90 Å². The first-order chi connectivity index (χ1) is 6.25. The molecule has 1 atom stereocenters. The van der Waals surface area contributed by atoms with Gasteiger partial charge in [-0.05, 0) is 13.0 Å². The van der Waals surface area contributed by atoms with Gasteiger partial charge in [0.15, 0.2) is 0 Å². The van der Waals surface area contributed by atoms with Gasteiger partial charge in [0.2, 0.25) is 0 Å². The van der Waals surface area contributed by atoms with Crippen LogP contribution in [0.25, 0.3) is 0 Å². The van der Waals surface area contributed by atoms with E-state index < -0.39 is 5.97 Å². The van der Waals surface area contributed by atoms with Crippen LogP contribution in [0.1, 0.15) is 6.42 Å². The van der Waals surface area contributed by atoms with E-state index in [1.54, 1.807) is 0 Å². The molecule has 0 aromatic rings. The summed E-state index contributed by atoms with van der Waals surface area (Å²) < 4.78 is 0. The minimum absolute atomic E-state index is 0.375. The van der Waals surface area contributed by atoms with Crippen LogP contribution in [0.5, 0.6) is 0 Å². The van der Waals surface area contributed by atoms with E-state index in [4.69, 9.17) is 10.8 Å². The third kappa shape index (κ3) is 2.95. The Morgan fingerprint density at radius 3 is 3.08 bits per heavy atom. The molecule has 13 heavy (non-hydrogen) atoms. The van der Waals surface area contributed by atoms with Crippen molar-refractivity contribution in [1.29, 1.82) is 0 Å². The van der Waals surface area contributed by atoms with Gasteiger partial charge >= 0.3 is 5.97 Å². The van der Waals surface area contributed by atoms with Gasteiger partial charge in [-0.2, -0.15) is 0 Å². The maximum Gasteiger partial charge on any atom is 0.322 e. The minimum atomic E-state index is -0.746. The van der Waals surface area contributed by atoms with E-state index in [0.717, 1.165) is 26.1 Å². The third-order valence-corrected chi connectivity index (χ3v) is 2.29. The first-order valence-corrected chi connectivity index (χ1v) is 4.63. The van der Waals surface area contributed by atoms with E-state index in [-0.39, 0.29) is 6.04 Å². The van der Waals surface area contributed by atoms with Crippen molar-refractivity contribution in [3.8, 4) is 0 Å². The topological polar surface area (TPSA) is 78.6 Å². The van der Waals surface area contributed by atoms with Crippen molar-refractivity contribution >= 4 is 5.97 Å². The molecule has 0 spiro atoms. The molecule has 1 rings (SSSR count). The van der Waals surface area contributed by atoms with Crippen molar-refractivity contribution in [2.75, 3.05) is 32.7 Å². The van der Waals surface area contributed by atoms with E-state index in [2.05, 4.69) is 5.32 Å². The normalized spacial score (nSPS) is 24.5. The first-order valence-electron chi connectivity index (χ1n) is 4.63. The van der Waals surface area contributed by atoms with Gasteiger partial charge in [-0.3, -0.25) is 9.69 Å². The molecule has 0 aromatic carbocycles. The highest BCUT2D eigenvalue weighted by atomic mass is 16.4. The first kappa shape index (κ1) is 10.4. The second kappa shape index (κ2) is 5.16. The summed E-state index contributed by atoms with van der Waals surface area (Å²) in [4.78, 5) is 12.8. The Morgan fingerprint density at radius 2 is 2.46 bits per heavy atom. The summed E-state index contributed by atoms with van der Waals surface area (Å²) in [6.07, 6.45) is 0.865. The zero-order chi connectivity index (χ0) is 9.68. The highest BCUT2D eigenvalue weighted by Gasteiger charge is 2.27. The molecule has 1 aliphatic heterocycles. The Kier molecular flexibility index (Phi) is 4.14. The molecular weight excluding hydrogens is 170 g/mol. The number of carboxylic acid groups (broad SMARTS) is 1. The summed E-state index contributed by atoms with van der Waals surface area (Å²) in [6, 6.07) is -0.375. The van der Waals surface area contributed by atoms with E-state index >= 15 is 0 Å². The Balaban J connectivity index is 2.41. The minimum Gasteiger partial charge on any atom is -0.480 e. The number of nitrogens with two attached hydrogens (primary N) is 1. The number of hydrogen-bond donors (Lipinski definition) is 3. The van der Waals surface area contributed by atoms with Crippen molar-refractivity contribution in [3.63, 3.8) is 0 Å². The molecule has 0 saturated carbocycles. The predicted octanol–water partition coefficient (Wildman–Crippen LogP) is -1.31. The molecule has 1 heterocycles. The molecule has 0 amide bonds. The summed E-state index contributed by atoms with van der Waals surface area (Å²) in [5.74, 6) is -0.746. The molecule has 5 heteroatoms. The summed E-state index contributed by atoms with van der Waals surface area (Å²) in [7, 11) is 0. The molecule has 1 fully saturated rings. The Bertz CT molecular complexity index is 175. The number of nitrogens with one attached hydrogen (secondary N) is 1. The third-order valence-electron chi connectivity index (χ3n) is 2.29. The molecule has 4 N–H and O–H groups in total. The molecule has 0 aromatic heterocycles. The Labute approximate surface area is 77.9 Å². The molecule has 1 aliphatic rings. The fraction of sp³-hybridized carbons (Fsp3) is 0.875. The van der Waals surface area contributed by atoms with Gasteiger partial charge in [-0.15, -0.1) is 0 Å². The largest absolute Gasteiger partial charge is 0.480 e. The molecule has 5 nitrogen and oxygen atoms in total. The lowest BCUT2D eigenvalue weighted by atomic mass is 10.2. The SMILES string of the molecule is NCCCN1CCNCC1C(=O)O. The van der Waals surface area contributed by atoms with E-state index in [9.17, 15) is 4.79 Å². The monoisotopic (exact) mass is 187 g/mol. The van der Waals surface area contributed by atoms with E-state index in [1.165, 1.54) is 0 Å². The highest BCUT2D eigenvalue weighted by molar-refractivity contribution is 5.73. The summed E-state index contributed by atoms with van der Waals surface area (Å²) >= 11 is 0. The van der Waals surface area contributed by atoms with Gasteiger partial charge in [-0.25, -0.2) is 0 Å². The van der Waals surface area contributed by atoms with Gasteiger partial charge in [0.05, 0.1) is 0 Å². The van der Waals surface area contributed by atoms with Crippen LogP contribution in [-0.2, 0) is 4.79 Å². The molecule has 1 unspecified atom stereocenters. The van der Waals surface area contributed by atoms with Gasteiger partial charge in [0.25, 0.3) is 0 Å². The number of nitrogens with zero attached hydrogens (tertiary/aromatic N) is 1. The fourth-order valence-electron chi connectivity index (χ4n) is 1.55. The molecule has 0 aliphatic carbocycles. The smallest absolute Gasteiger partial charge is 0.322 e. The quantitative estimate of drug-likeness (QED) is 0.509. The second-order valence-corrected chi connectivity index (χ2v) is 3.24. The maximum absolute atomic E-state index is 10.8. The van der Waals surface area contributed by atoms with Crippen molar-refractivity contribution in [1.82, 2.24) is 10.2 Å². The van der Waals surface area contributed by atoms with Crippen molar-refractivity contribution in [2.24, 2.45) is 5.73 Å². The van der Waals surface area contributed by atoms with E-state index in [0.29, 0.717) is 13.1 Å². The predicted molar refractivity (Wildman–Crippen MR) is 49.5 cm³/mol. The van der Waals surface area contributed by atoms with Crippen molar-refractivity contribution in [3.05, 3.63) is 0 Å². The highest BCUT2D eigenvalue weighted by Crippen LogP contribution is 2.03.